The maximum Gasteiger partial charge on any atom is 0.229 e. The Kier molecular flexibility index (Phi) is 7.42. The van der Waals surface area contributed by atoms with Crippen molar-refractivity contribution in [3.8, 4) is 0 Å². The van der Waals surface area contributed by atoms with E-state index in [1.54, 1.807) is 0 Å². The highest BCUT2D eigenvalue weighted by Gasteiger charge is 2.30. The fourth-order valence-electron chi connectivity index (χ4n) is 4.28. The minimum Gasteiger partial charge on any atom is -0.356 e. The molecule has 2 heterocycles. The van der Waals surface area contributed by atoms with Crippen molar-refractivity contribution in [3.05, 3.63) is 58.2 Å². The van der Waals surface area contributed by atoms with Crippen LogP contribution < -0.4 is 5.32 Å². The van der Waals surface area contributed by atoms with Gasteiger partial charge in [0.15, 0.2) is 0 Å². The van der Waals surface area contributed by atoms with Gasteiger partial charge in [0, 0.05) is 42.5 Å². The molecule has 3 rings (SSSR count). The van der Waals surface area contributed by atoms with Crippen LogP contribution in [-0.4, -0.2) is 46.3 Å². The van der Waals surface area contributed by atoms with Gasteiger partial charge in [0.25, 0.3) is 0 Å². The normalized spacial score (nSPS) is 17.3. The third-order valence-electron chi connectivity index (χ3n) is 6.20. The van der Waals surface area contributed by atoms with Crippen LogP contribution in [0, 0.1) is 20.8 Å². The van der Waals surface area contributed by atoms with Crippen molar-refractivity contribution in [3.63, 3.8) is 0 Å². The lowest BCUT2D eigenvalue weighted by atomic mass is 9.93. The zero-order chi connectivity index (χ0) is 22.5. The molecule has 0 aliphatic carbocycles. The van der Waals surface area contributed by atoms with E-state index < -0.39 is 0 Å². The Balaban J connectivity index is 1.73. The van der Waals surface area contributed by atoms with E-state index in [0.29, 0.717) is 19.5 Å². The molecule has 2 amide bonds. The zero-order valence-corrected chi connectivity index (χ0v) is 19.4. The monoisotopic (exact) mass is 422 g/mol. The van der Waals surface area contributed by atoms with Crippen molar-refractivity contribution in [2.24, 2.45) is 0 Å². The standard InChI is InChI=1S/C25H34N4O2/c1-6-26-23(30)14-22-18(4)27-24(28-19(22)5)21-8-7-13-29(15-21)25(31)17(3)20-11-9-16(2)10-12-20/h9-12,17,21H,6-8,13-15H2,1-5H3,(H,26,30)/t17-,21-/m1/s1. The summed E-state index contributed by atoms with van der Waals surface area (Å²) >= 11 is 0. The van der Waals surface area contributed by atoms with E-state index in [2.05, 4.69) is 24.4 Å². The molecule has 1 saturated heterocycles. The quantitative estimate of drug-likeness (QED) is 0.772. The molecule has 166 valence electrons. The van der Waals surface area contributed by atoms with Crippen LogP contribution in [0.3, 0.4) is 0 Å². The smallest absolute Gasteiger partial charge is 0.229 e. The third kappa shape index (κ3) is 5.49. The van der Waals surface area contributed by atoms with Gasteiger partial charge in [0.1, 0.15) is 5.82 Å². The number of nitrogens with zero attached hydrogens (tertiary/aromatic N) is 3. The molecule has 0 bridgehead atoms. The highest BCUT2D eigenvalue weighted by Crippen LogP contribution is 2.28. The average molecular weight is 423 g/mol. The van der Waals surface area contributed by atoms with Crippen molar-refractivity contribution in [1.82, 2.24) is 20.2 Å². The minimum absolute atomic E-state index is 0.00965. The van der Waals surface area contributed by atoms with Crippen molar-refractivity contribution in [1.29, 1.82) is 0 Å². The topological polar surface area (TPSA) is 75.2 Å². The van der Waals surface area contributed by atoms with E-state index in [0.717, 1.165) is 47.7 Å². The molecule has 1 aliphatic heterocycles. The van der Waals surface area contributed by atoms with Crippen molar-refractivity contribution >= 4 is 11.8 Å². The van der Waals surface area contributed by atoms with Gasteiger partial charge in [-0.1, -0.05) is 29.8 Å². The molecular formula is C25H34N4O2. The number of hydrogen-bond donors (Lipinski definition) is 1. The molecule has 2 atom stereocenters. The lowest BCUT2D eigenvalue weighted by Crippen LogP contribution is -2.41. The Morgan fingerprint density at radius 2 is 1.77 bits per heavy atom. The summed E-state index contributed by atoms with van der Waals surface area (Å²) in [5, 5.41) is 2.83. The van der Waals surface area contributed by atoms with Crippen LogP contribution in [0.1, 0.15) is 72.4 Å². The number of aromatic nitrogens is 2. The molecule has 0 unspecified atom stereocenters. The molecule has 1 aliphatic rings. The van der Waals surface area contributed by atoms with E-state index in [9.17, 15) is 9.59 Å². The van der Waals surface area contributed by atoms with Crippen molar-refractivity contribution in [2.75, 3.05) is 19.6 Å². The summed E-state index contributed by atoms with van der Waals surface area (Å²) in [5.41, 5.74) is 4.84. The van der Waals surface area contributed by atoms with Crippen LogP contribution in [0.15, 0.2) is 24.3 Å². The van der Waals surface area contributed by atoms with Crippen LogP contribution in [0.4, 0.5) is 0 Å². The van der Waals surface area contributed by atoms with Crippen LogP contribution in [0.5, 0.6) is 0 Å². The van der Waals surface area contributed by atoms with Gasteiger partial charge in [0.2, 0.25) is 11.8 Å². The molecule has 1 aromatic carbocycles. The van der Waals surface area contributed by atoms with Gasteiger partial charge < -0.3 is 10.2 Å². The Morgan fingerprint density at radius 3 is 2.39 bits per heavy atom. The largest absolute Gasteiger partial charge is 0.356 e. The Hall–Kier alpha value is -2.76. The molecule has 6 heteroatoms. The molecule has 6 nitrogen and oxygen atoms in total. The third-order valence-corrected chi connectivity index (χ3v) is 6.20. The average Bonchev–Trinajstić information content (AvgIpc) is 2.76. The number of benzene rings is 1. The molecule has 1 fully saturated rings. The first-order chi connectivity index (χ1) is 14.8. The number of likely N-dealkylation sites (tertiary alicyclic amines) is 1. The van der Waals surface area contributed by atoms with E-state index in [1.807, 2.05) is 44.7 Å². The highest BCUT2D eigenvalue weighted by atomic mass is 16.2. The maximum atomic E-state index is 13.2. The van der Waals surface area contributed by atoms with E-state index >= 15 is 0 Å². The molecule has 2 aromatic rings. The molecule has 0 saturated carbocycles. The maximum absolute atomic E-state index is 13.2. The second-order valence-corrected chi connectivity index (χ2v) is 8.62. The summed E-state index contributed by atoms with van der Waals surface area (Å²) in [6.07, 6.45) is 2.21. The second-order valence-electron chi connectivity index (χ2n) is 8.62. The lowest BCUT2D eigenvalue weighted by molar-refractivity contribution is -0.133. The number of carbonyl (C=O) groups excluding carboxylic acids is 2. The van der Waals surface area contributed by atoms with E-state index in [1.165, 1.54) is 5.56 Å². The minimum atomic E-state index is -0.164. The van der Waals surface area contributed by atoms with Gasteiger partial charge in [-0.2, -0.15) is 0 Å². The van der Waals surface area contributed by atoms with Crippen molar-refractivity contribution in [2.45, 2.75) is 65.7 Å². The number of aryl methyl sites for hydroxylation is 3. The van der Waals surface area contributed by atoms with Gasteiger partial charge in [0.05, 0.1) is 12.3 Å². The second kappa shape index (κ2) is 10.0. The lowest BCUT2D eigenvalue weighted by Gasteiger charge is -2.34. The van der Waals surface area contributed by atoms with Gasteiger partial charge in [-0.25, -0.2) is 9.97 Å². The van der Waals surface area contributed by atoms with Gasteiger partial charge >= 0.3 is 0 Å². The molecule has 1 aromatic heterocycles. The fourth-order valence-corrected chi connectivity index (χ4v) is 4.28. The van der Waals surface area contributed by atoms with Crippen LogP contribution >= 0.6 is 0 Å². The first-order valence-electron chi connectivity index (χ1n) is 11.3. The first-order valence-corrected chi connectivity index (χ1v) is 11.3. The van der Waals surface area contributed by atoms with Crippen LogP contribution in [0.25, 0.3) is 0 Å². The SMILES string of the molecule is CCNC(=O)Cc1c(C)nc([C@@H]2CCCN(C(=O)[C@H](C)c3ccc(C)cc3)C2)nc1C. The highest BCUT2D eigenvalue weighted by molar-refractivity contribution is 5.83. The number of likely N-dealkylation sites (N-methyl/N-ethyl adjacent to an activating group) is 1. The zero-order valence-electron chi connectivity index (χ0n) is 19.4. The number of hydrogen-bond acceptors (Lipinski definition) is 4. The number of carbonyl (C=O) groups is 2. The van der Waals surface area contributed by atoms with E-state index in [-0.39, 0.29) is 23.7 Å². The van der Waals surface area contributed by atoms with Gasteiger partial charge in [-0.05, 0) is 53.0 Å². The fraction of sp³-hybridized carbons (Fsp3) is 0.520. The summed E-state index contributed by atoms with van der Waals surface area (Å²) in [5.74, 6) is 0.900. The number of rotatable bonds is 6. The summed E-state index contributed by atoms with van der Waals surface area (Å²) < 4.78 is 0. The predicted molar refractivity (Wildman–Crippen MR) is 122 cm³/mol. The Labute approximate surface area is 185 Å². The Morgan fingerprint density at radius 1 is 1.13 bits per heavy atom. The summed E-state index contributed by atoms with van der Waals surface area (Å²) in [4.78, 5) is 36.6. The molecule has 31 heavy (non-hydrogen) atoms. The first kappa shape index (κ1) is 22.9. The number of amides is 2. The summed E-state index contributed by atoms with van der Waals surface area (Å²) in [6.45, 7) is 11.9. The van der Waals surface area contributed by atoms with Crippen molar-refractivity contribution < 1.29 is 9.59 Å². The number of nitrogens with one attached hydrogen (secondary N) is 1. The summed E-state index contributed by atoms with van der Waals surface area (Å²) in [7, 11) is 0. The Bertz CT molecular complexity index is 916. The molecule has 0 radical (unpaired) electrons. The van der Waals surface area contributed by atoms with Crippen LogP contribution in [-0.2, 0) is 16.0 Å². The van der Waals surface area contributed by atoms with Gasteiger partial charge in [-0.3, -0.25) is 9.59 Å². The van der Waals surface area contributed by atoms with E-state index in [4.69, 9.17) is 9.97 Å². The number of piperidine rings is 1. The predicted octanol–water partition coefficient (Wildman–Crippen LogP) is 3.59. The van der Waals surface area contributed by atoms with Gasteiger partial charge in [-0.15, -0.1) is 0 Å². The van der Waals surface area contributed by atoms with Crippen LogP contribution in [0.2, 0.25) is 0 Å². The molecule has 1 N–H and O–H groups in total. The molecule has 0 spiro atoms. The summed E-state index contributed by atoms with van der Waals surface area (Å²) in [6, 6.07) is 8.20. The molecular weight excluding hydrogens is 388 g/mol.